The Morgan fingerprint density at radius 1 is 0.284 bits per heavy atom. The van der Waals surface area contributed by atoms with Crippen molar-refractivity contribution in [3.05, 3.63) is 255 Å². The zero-order valence-corrected chi connectivity index (χ0v) is 36.5. The van der Waals surface area contributed by atoms with E-state index in [2.05, 4.69) is 259 Å². The van der Waals surface area contributed by atoms with Crippen molar-refractivity contribution < 1.29 is 0 Å². The smallest absolute Gasteiger partial charge is 0.160 e. The van der Waals surface area contributed by atoms with Crippen molar-refractivity contribution in [1.29, 1.82) is 0 Å². The molecule has 0 aliphatic rings. The molecule has 0 bridgehead atoms. The first-order valence-corrected chi connectivity index (χ1v) is 22.7. The third-order valence-electron chi connectivity index (χ3n) is 12.6. The van der Waals surface area contributed by atoms with E-state index in [1.807, 2.05) is 0 Å². The molecule has 0 aliphatic carbocycles. The van der Waals surface area contributed by atoms with Gasteiger partial charge >= 0.3 is 0 Å². The topological polar surface area (TPSA) is 43.1 Å². The summed E-state index contributed by atoms with van der Waals surface area (Å²) in [5.74, 6) is 0.659. The minimum atomic E-state index is 0.659. The van der Waals surface area contributed by atoms with E-state index < -0.39 is 0 Å². The number of aromatic nitrogens is 4. The van der Waals surface area contributed by atoms with Crippen molar-refractivity contribution in [2.75, 3.05) is 0 Å². The fraction of sp³-hybridized carbons (Fsp3) is 0. The lowest BCUT2D eigenvalue weighted by atomic mass is 9.93. The Morgan fingerprint density at radius 3 is 1.28 bits per heavy atom. The number of hydrogen-bond acceptors (Lipinski definition) is 3. The Bertz CT molecular complexity index is 3610. The van der Waals surface area contributed by atoms with Crippen LogP contribution in [0.1, 0.15) is 0 Å². The van der Waals surface area contributed by atoms with E-state index in [1.54, 1.807) is 0 Å². The fourth-order valence-electron chi connectivity index (χ4n) is 9.38. The van der Waals surface area contributed by atoms with Gasteiger partial charge in [-0.3, -0.25) is 0 Å². The van der Waals surface area contributed by atoms with Crippen LogP contribution in [0.25, 0.3) is 117 Å². The van der Waals surface area contributed by atoms with Crippen molar-refractivity contribution in [2.24, 2.45) is 0 Å². The van der Waals surface area contributed by atoms with Gasteiger partial charge in [-0.25, -0.2) is 14.5 Å². The van der Waals surface area contributed by atoms with E-state index in [-0.39, 0.29) is 0 Å². The van der Waals surface area contributed by atoms with Gasteiger partial charge in [-0.2, -0.15) is 5.10 Å². The molecule has 4 heteroatoms. The van der Waals surface area contributed by atoms with Crippen molar-refractivity contribution in [3.63, 3.8) is 0 Å². The van der Waals surface area contributed by atoms with Crippen LogP contribution in [0.4, 0.5) is 0 Å². The molecule has 0 fully saturated rings. The van der Waals surface area contributed by atoms with Crippen molar-refractivity contribution in [2.45, 2.75) is 0 Å². The molecule has 12 rings (SSSR count). The van der Waals surface area contributed by atoms with E-state index in [0.717, 1.165) is 111 Å². The molecular formula is C63H42N4. The summed E-state index contributed by atoms with van der Waals surface area (Å²) >= 11 is 0. The molecule has 0 spiro atoms. The highest BCUT2D eigenvalue weighted by Crippen LogP contribution is 2.43. The molecule has 12 aromatic rings. The molecule has 0 aliphatic heterocycles. The van der Waals surface area contributed by atoms with Gasteiger partial charge in [-0.15, -0.1) is 0 Å². The molecule has 0 atom stereocenters. The molecule has 0 radical (unpaired) electrons. The predicted octanol–water partition coefficient (Wildman–Crippen LogP) is 16.3. The zero-order valence-electron chi connectivity index (χ0n) is 36.5. The largest absolute Gasteiger partial charge is 0.231 e. The third-order valence-corrected chi connectivity index (χ3v) is 12.6. The molecule has 3 heterocycles. The van der Waals surface area contributed by atoms with Crippen LogP contribution in [0.3, 0.4) is 0 Å². The lowest BCUT2D eigenvalue weighted by molar-refractivity contribution is 0.979. The second-order valence-electron chi connectivity index (χ2n) is 16.8. The first kappa shape index (κ1) is 39.6. The summed E-state index contributed by atoms with van der Waals surface area (Å²) in [4.78, 5) is 10.7. The average Bonchev–Trinajstić information content (AvgIpc) is 3.83. The van der Waals surface area contributed by atoms with Crippen LogP contribution in [-0.2, 0) is 0 Å². The van der Waals surface area contributed by atoms with Crippen molar-refractivity contribution in [1.82, 2.24) is 19.6 Å². The Morgan fingerprint density at radius 2 is 0.716 bits per heavy atom. The number of nitrogens with zero attached hydrogens (tertiary/aromatic N) is 4. The van der Waals surface area contributed by atoms with Gasteiger partial charge in [-0.05, 0) is 74.7 Å². The average molecular weight is 855 g/mol. The van der Waals surface area contributed by atoms with Gasteiger partial charge in [0.2, 0.25) is 0 Å². The standard InChI is InChI=1S/C63H42N4/c1-6-20-43(21-7-1)48-30-16-33-51(38-48)57-42-58(52-34-17-31-49(39-52)44-22-8-2-9-23-44)65-63(64-57)53-35-18-32-50(40-53)54-36-19-37-55-56(54)41-59(45-24-10-3-11-25-45)67-62(55)60(46-26-12-4-13-27-46)61(66-67)47-28-14-5-15-29-47/h1-42H. The van der Waals surface area contributed by atoms with Crippen LogP contribution in [0.5, 0.6) is 0 Å². The summed E-state index contributed by atoms with van der Waals surface area (Å²) in [5.41, 5.74) is 18.9. The predicted molar refractivity (Wildman–Crippen MR) is 277 cm³/mol. The van der Waals surface area contributed by atoms with E-state index in [0.29, 0.717) is 5.82 Å². The summed E-state index contributed by atoms with van der Waals surface area (Å²) in [6.45, 7) is 0. The van der Waals surface area contributed by atoms with Crippen LogP contribution in [-0.4, -0.2) is 19.6 Å². The third kappa shape index (κ3) is 7.57. The first-order valence-electron chi connectivity index (χ1n) is 22.7. The molecule has 4 nitrogen and oxygen atoms in total. The Balaban J connectivity index is 1.06. The second kappa shape index (κ2) is 17.2. The number of benzene rings is 9. The van der Waals surface area contributed by atoms with Crippen LogP contribution in [0, 0.1) is 0 Å². The van der Waals surface area contributed by atoms with Gasteiger partial charge in [0.1, 0.15) is 5.69 Å². The summed E-state index contributed by atoms with van der Waals surface area (Å²) in [5, 5.41) is 7.71. The van der Waals surface area contributed by atoms with Crippen molar-refractivity contribution in [3.8, 4) is 101 Å². The quantitative estimate of drug-likeness (QED) is 0.145. The highest BCUT2D eigenvalue weighted by molar-refractivity contribution is 6.12. The molecule has 3 aromatic heterocycles. The SMILES string of the molecule is c1ccc(-c2cccc(-c3cc(-c4cccc(-c5ccccc5)c4)nc(-c4cccc(-c5cccc6c5cc(-c5ccccc5)n5nc(-c7ccccc7)c(-c7ccccc7)c65)c4)n3)c2)cc1. The van der Waals surface area contributed by atoms with Gasteiger partial charge < -0.3 is 0 Å². The monoisotopic (exact) mass is 854 g/mol. The molecule has 0 amide bonds. The summed E-state index contributed by atoms with van der Waals surface area (Å²) in [6.07, 6.45) is 0. The molecule has 0 N–H and O–H groups in total. The summed E-state index contributed by atoms with van der Waals surface area (Å²) in [6, 6.07) is 89.9. The van der Waals surface area contributed by atoms with E-state index >= 15 is 0 Å². The molecule has 314 valence electrons. The second-order valence-corrected chi connectivity index (χ2v) is 16.8. The maximum atomic E-state index is 5.45. The van der Waals surface area contributed by atoms with Gasteiger partial charge in [0.15, 0.2) is 5.82 Å². The van der Waals surface area contributed by atoms with Gasteiger partial charge in [0.05, 0.1) is 22.6 Å². The van der Waals surface area contributed by atoms with Gasteiger partial charge in [0.25, 0.3) is 0 Å². The van der Waals surface area contributed by atoms with E-state index in [4.69, 9.17) is 15.1 Å². The number of fused-ring (bicyclic) bond motifs is 3. The molecule has 0 saturated carbocycles. The van der Waals surface area contributed by atoms with Gasteiger partial charge in [0, 0.05) is 38.8 Å². The normalized spacial score (nSPS) is 11.3. The van der Waals surface area contributed by atoms with Crippen LogP contribution >= 0.6 is 0 Å². The minimum Gasteiger partial charge on any atom is -0.231 e. The summed E-state index contributed by atoms with van der Waals surface area (Å²) < 4.78 is 2.16. The maximum absolute atomic E-state index is 5.45. The molecule has 0 unspecified atom stereocenters. The Hall–Kier alpha value is -8.99. The lowest BCUT2D eigenvalue weighted by Gasteiger charge is -2.15. The number of hydrogen-bond donors (Lipinski definition) is 0. The van der Waals surface area contributed by atoms with Crippen LogP contribution in [0.2, 0.25) is 0 Å². The summed E-state index contributed by atoms with van der Waals surface area (Å²) in [7, 11) is 0. The van der Waals surface area contributed by atoms with E-state index in [9.17, 15) is 0 Å². The molecule has 9 aromatic carbocycles. The van der Waals surface area contributed by atoms with E-state index in [1.165, 1.54) is 0 Å². The number of rotatable bonds is 9. The minimum absolute atomic E-state index is 0.659. The van der Waals surface area contributed by atoms with Crippen molar-refractivity contribution >= 4 is 16.3 Å². The first-order chi connectivity index (χ1) is 33.2. The zero-order chi connectivity index (χ0) is 44.5. The lowest BCUT2D eigenvalue weighted by Crippen LogP contribution is -1.97. The van der Waals surface area contributed by atoms with Gasteiger partial charge in [-0.1, -0.05) is 224 Å². The molecule has 0 saturated heterocycles. The molecular weight excluding hydrogens is 813 g/mol. The highest BCUT2D eigenvalue weighted by atomic mass is 15.2. The Labute approximate surface area is 389 Å². The maximum Gasteiger partial charge on any atom is 0.160 e. The highest BCUT2D eigenvalue weighted by Gasteiger charge is 2.23. The fourth-order valence-corrected chi connectivity index (χ4v) is 9.38. The number of pyridine rings is 1. The van der Waals surface area contributed by atoms with Crippen LogP contribution in [0.15, 0.2) is 255 Å². The van der Waals surface area contributed by atoms with Crippen LogP contribution < -0.4 is 0 Å². The Kier molecular flexibility index (Phi) is 10.2. The molecule has 67 heavy (non-hydrogen) atoms.